The summed E-state index contributed by atoms with van der Waals surface area (Å²) in [7, 11) is 0. The second-order valence-electron chi connectivity index (χ2n) is 3.86. The molecule has 1 rings (SSSR count). The second kappa shape index (κ2) is 6.47. The summed E-state index contributed by atoms with van der Waals surface area (Å²) in [5.41, 5.74) is 1.15. The van der Waals surface area contributed by atoms with Crippen LogP contribution in [0.25, 0.3) is 5.57 Å². The summed E-state index contributed by atoms with van der Waals surface area (Å²) in [5.74, 6) is -1.05. The number of carbonyl (C=O) groups is 1. The van der Waals surface area contributed by atoms with Crippen molar-refractivity contribution in [3.63, 3.8) is 0 Å². The fourth-order valence-corrected chi connectivity index (χ4v) is 2.23. The highest BCUT2D eigenvalue weighted by molar-refractivity contribution is 7.99. The molecule has 0 saturated heterocycles. The zero-order chi connectivity index (χ0) is 12.8. The molecule has 3 nitrogen and oxygen atoms in total. The Morgan fingerprint density at radius 1 is 1.35 bits per heavy atom. The number of benzene rings is 1. The van der Waals surface area contributed by atoms with Gasteiger partial charge in [-0.1, -0.05) is 26.0 Å². The number of hydrogen-bond acceptors (Lipinski definition) is 3. The molecule has 4 heteroatoms. The van der Waals surface area contributed by atoms with Gasteiger partial charge in [0, 0.05) is 16.2 Å². The van der Waals surface area contributed by atoms with Gasteiger partial charge in [-0.15, -0.1) is 11.8 Å². The van der Waals surface area contributed by atoms with Crippen molar-refractivity contribution in [1.82, 2.24) is 0 Å². The molecule has 0 aliphatic heterocycles. The first kappa shape index (κ1) is 13.8. The molecule has 2 N–H and O–H groups in total. The number of carboxylic acids is 1. The van der Waals surface area contributed by atoms with Crippen LogP contribution < -0.4 is 0 Å². The first-order valence-electron chi connectivity index (χ1n) is 5.34. The van der Waals surface area contributed by atoms with E-state index in [4.69, 9.17) is 10.2 Å². The lowest BCUT2D eigenvalue weighted by molar-refractivity contribution is -0.131. The zero-order valence-electron chi connectivity index (χ0n) is 9.88. The standard InChI is InChI=1S/C13H16O3S/c1-9(2)17-12-5-3-10(4-6-12)11(8-14)7-13(15)16/h3-7,9,14H,8H2,1-2H3,(H,15,16)/b11-7+. The highest BCUT2D eigenvalue weighted by Gasteiger charge is 2.04. The maximum atomic E-state index is 10.6. The quantitative estimate of drug-likeness (QED) is 0.625. The number of rotatable bonds is 5. The van der Waals surface area contributed by atoms with Crippen LogP contribution in [0.5, 0.6) is 0 Å². The minimum Gasteiger partial charge on any atom is -0.478 e. The molecule has 0 atom stereocenters. The average molecular weight is 252 g/mol. The van der Waals surface area contributed by atoms with E-state index in [1.165, 1.54) is 0 Å². The van der Waals surface area contributed by atoms with Crippen molar-refractivity contribution in [2.24, 2.45) is 0 Å². The van der Waals surface area contributed by atoms with Gasteiger partial charge in [0.2, 0.25) is 0 Å². The van der Waals surface area contributed by atoms with Gasteiger partial charge < -0.3 is 10.2 Å². The predicted molar refractivity (Wildman–Crippen MR) is 70.1 cm³/mol. The number of aliphatic hydroxyl groups excluding tert-OH is 1. The third-order valence-corrected chi connectivity index (χ3v) is 3.08. The maximum absolute atomic E-state index is 10.6. The monoisotopic (exact) mass is 252 g/mol. The highest BCUT2D eigenvalue weighted by atomic mass is 32.2. The molecule has 0 spiro atoms. The van der Waals surface area contributed by atoms with Crippen LogP contribution in [0.4, 0.5) is 0 Å². The van der Waals surface area contributed by atoms with E-state index in [1.807, 2.05) is 24.3 Å². The summed E-state index contributed by atoms with van der Waals surface area (Å²) in [6.45, 7) is 3.95. The van der Waals surface area contributed by atoms with E-state index < -0.39 is 5.97 Å². The van der Waals surface area contributed by atoms with E-state index in [0.717, 1.165) is 16.5 Å². The first-order valence-corrected chi connectivity index (χ1v) is 6.22. The summed E-state index contributed by atoms with van der Waals surface area (Å²) in [4.78, 5) is 11.7. The molecular weight excluding hydrogens is 236 g/mol. The van der Waals surface area contributed by atoms with Crippen molar-refractivity contribution < 1.29 is 15.0 Å². The molecule has 0 aliphatic carbocycles. The van der Waals surface area contributed by atoms with Crippen molar-refractivity contribution in [3.8, 4) is 0 Å². The minimum absolute atomic E-state index is 0.275. The molecule has 0 heterocycles. The van der Waals surface area contributed by atoms with Gasteiger partial charge >= 0.3 is 5.97 Å². The SMILES string of the molecule is CC(C)Sc1ccc(/C(=C/C(=O)O)CO)cc1. The topological polar surface area (TPSA) is 57.5 Å². The summed E-state index contributed by atoms with van der Waals surface area (Å²) >= 11 is 1.74. The van der Waals surface area contributed by atoms with Gasteiger partial charge in [-0.25, -0.2) is 4.79 Å². The smallest absolute Gasteiger partial charge is 0.328 e. The fraction of sp³-hybridized carbons (Fsp3) is 0.308. The van der Waals surface area contributed by atoms with Gasteiger partial charge in [-0.3, -0.25) is 0 Å². The van der Waals surface area contributed by atoms with Crippen molar-refractivity contribution in [1.29, 1.82) is 0 Å². The molecule has 92 valence electrons. The molecule has 17 heavy (non-hydrogen) atoms. The maximum Gasteiger partial charge on any atom is 0.328 e. The Morgan fingerprint density at radius 3 is 2.35 bits per heavy atom. The van der Waals surface area contributed by atoms with Gasteiger partial charge in [0.25, 0.3) is 0 Å². The normalized spacial score (nSPS) is 11.9. The number of aliphatic carboxylic acids is 1. The zero-order valence-corrected chi connectivity index (χ0v) is 10.7. The summed E-state index contributed by atoms with van der Waals surface area (Å²) in [5, 5.41) is 18.3. The Morgan fingerprint density at radius 2 is 1.94 bits per heavy atom. The number of carboxylic acid groups (broad SMARTS) is 1. The molecule has 1 aromatic rings. The van der Waals surface area contributed by atoms with Crippen molar-refractivity contribution in [3.05, 3.63) is 35.9 Å². The van der Waals surface area contributed by atoms with Crippen LogP contribution in [-0.4, -0.2) is 28.0 Å². The van der Waals surface area contributed by atoms with Crippen LogP contribution in [0.15, 0.2) is 35.2 Å². The molecule has 0 aromatic heterocycles. The Hall–Kier alpha value is -1.26. The van der Waals surface area contributed by atoms with E-state index in [0.29, 0.717) is 10.8 Å². The molecule has 0 unspecified atom stereocenters. The van der Waals surface area contributed by atoms with E-state index in [-0.39, 0.29) is 6.61 Å². The van der Waals surface area contributed by atoms with E-state index in [1.54, 1.807) is 11.8 Å². The first-order chi connectivity index (χ1) is 8.02. The van der Waals surface area contributed by atoms with Gasteiger partial charge in [0.1, 0.15) is 0 Å². The van der Waals surface area contributed by atoms with Crippen LogP contribution in [0, 0.1) is 0 Å². The van der Waals surface area contributed by atoms with Gasteiger partial charge in [-0.2, -0.15) is 0 Å². The number of thioether (sulfide) groups is 1. The lowest BCUT2D eigenvalue weighted by Gasteiger charge is -2.07. The highest BCUT2D eigenvalue weighted by Crippen LogP contribution is 2.24. The molecule has 0 fully saturated rings. The number of aliphatic hydroxyl groups is 1. The van der Waals surface area contributed by atoms with Crippen LogP contribution in [-0.2, 0) is 4.79 Å². The molecule has 0 bridgehead atoms. The Kier molecular flexibility index (Phi) is 5.25. The number of hydrogen-bond donors (Lipinski definition) is 2. The van der Waals surface area contributed by atoms with Crippen LogP contribution in [0.1, 0.15) is 19.4 Å². The van der Waals surface area contributed by atoms with E-state index in [2.05, 4.69) is 13.8 Å². The van der Waals surface area contributed by atoms with Crippen molar-refractivity contribution in [2.75, 3.05) is 6.61 Å². The summed E-state index contributed by atoms with van der Waals surface area (Å²) in [6, 6.07) is 7.53. The summed E-state index contributed by atoms with van der Waals surface area (Å²) in [6.07, 6.45) is 1.03. The third-order valence-electron chi connectivity index (χ3n) is 2.06. The minimum atomic E-state index is -1.05. The molecule has 0 radical (unpaired) electrons. The Bertz CT molecular complexity index is 407. The summed E-state index contributed by atoms with van der Waals surface area (Å²) < 4.78 is 0. The van der Waals surface area contributed by atoms with Crippen LogP contribution in [0.3, 0.4) is 0 Å². The molecule has 0 aliphatic rings. The lowest BCUT2D eigenvalue weighted by Crippen LogP contribution is -1.96. The lowest BCUT2D eigenvalue weighted by atomic mass is 10.1. The van der Waals surface area contributed by atoms with E-state index >= 15 is 0 Å². The van der Waals surface area contributed by atoms with Crippen molar-refractivity contribution >= 4 is 23.3 Å². The fourth-order valence-electron chi connectivity index (χ4n) is 1.39. The van der Waals surface area contributed by atoms with Gasteiger partial charge in [-0.05, 0) is 23.3 Å². The Labute approximate surface area is 105 Å². The van der Waals surface area contributed by atoms with Crippen LogP contribution in [0.2, 0.25) is 0 Å². The largest absolute Gasteiger partial charge is 0.478 e. The second-order valence-corrected chi connectivity index (χ2v) is 5.51. The van der Waals surface area contributed by atoms with Gasteiger partial charge in [0.15, 0.2) is 0 Å². The van der Waals surface area contributed by atoms with Crippen LogP contribution >= 0.6 is 11.8 Å². The average Bonchev–Trinajstić information content (AvgIpc) is 2.26. The van der Waals surface area contributed by atoms with Gasteiger partial charge in [0.05, 0.1) is 6.61 Å². The predicted octanol–water partition coefficient (Wildman–Crippen LogP) is 2.65. The Balaban J connectivity index is 2.89. The molecular formula is C13H16O3S. The molecule has 0 saturated carbocycles. The molecule has 0 amide bonds. The third kappa shape index (κ3) is 4.63. The van der Waals surface area contributed by atoms with E-state index in [9.17, 15) is 4.79 Å². The van der Waals surface area contributed by atoms with Crippen molar-refractivity contribution in [2.45, 2.75) is 24.0 Å². The molecule has 1 aromatic carbocycles.